The lowest BCUT2D eigenvalue weighted by Gasteiger charge is -2.30. The second-order valence-corrected chi connectivity index (χ2v) is 7.19. The number of sulfonamides is 1. The standard InChI is InChI=1S/C11H13BrF2N2O2S/c12-9-4-7(13)5-10(14)11(9)19(17,18)16-3-1-2-8(15)6-16/h4-5,8H,1-3,6,15H2/t8-/m1/s1. The van der Waals surface area contributed by atoms with Crippen molar-refractivity contribution in [3.63, 3.8) is 0 Å². The van der Waals surface area contributed by atoms with E-state index in [1.165, 1.54) is 0 Å². The second-order valence-electron chi connectivity index (χ2n) is 4.46. The molecular formula is C11H13BrF2N2O2S. The lowest BCUT2D eigenvalue weighted by molar-refractivity contribution is 0.314. The highest BCUT2D eigenvalue weighted by molar-refractivity contribution is 9.10. The topological polar surface area (TPSA) is 63.4 Å². The summed E-state index contributed by atoms with van der Waals surface area (Å²) in [6, 6.07) is 1.23. The van der Waals surface area contributed by atoms with Crippen LogP contribution in [0.25, 0.3) is 0 Å². The van der Waals surface area contributed by atoms with E-state index in [1.54, 1.807) is 0 Å². The smallest absolute Gasteiger partial charge is 0.247 e. The Kier molecular flexibility index (Phi) is 4.24. The Hall–Kier alpha value is -0.570. The molecule has 8 heteroatoms. The van der Waals surface area contributed by atoms with Gasteiger partial charge in [0.1, 0.15) is 16.5 Å². The first-order valence-corrected chi connectivity index (χ1v) is 7.96. The number of nitrogens with zero attached hydrogens (tertiary/aromatic N) is 1. The molecule has 1 aliphatic rings. The minimum atomic E-state index is -4.01. The molecule has 2 N–H and O–H groups in total. The predicted molar refractivity (Wildman–Crippen MR) is 70.0 cm³/mol. The first-order chi connectivity index (χ1) is 8.82. The molecule has 0 spiro atoms. The molecule has 0 aliphatic carbocycles. The second kappa shape index (κ2) is 5.43. The van der Waals surface area contributed by atoms with E-state index in [1.807, 2.05) is 0 Å². The van der Waals surface area contributed by atoms with Crippen LogP contribution in [0.3, 0.4) is 0 Å². The third kappa shape index (κ3) is 2.96. The van der Waals surface area contributed by atoms with Gasteiger partial charge in [-0.1, -0.05) is 0 Å². The average Bonchev–Trinajstić information content (AvgIpc) is 2.26. The summed E-state index contributed by atoms with van der Waals surface area (Å²) in [6.07, 6.45) is 1.36. The molecule has 0 amide bonds. The maximum absolute atomic E-state index is 13.8. The van der Waals surface area contributed by atoms with E-state index in [-0.39, 0.29) is 17.1 Å². The molecule has 0 radical (unpaired) electrons. The van der Waals surface area contributed by atoms with Gasteiger partial charge in [-0.25, -0.2) is 17.2 Å². The summed E-state index contributed by atoms with van der Waals surface area (Å²) in [5, 5.41) is 0. The molecule has 2 rings (SSSR count). The van der Waals surface area contributed by atoms with Crippen LogP contribution in [0.5, 0.6) is 0 Å². The Morgan fingerprint density at radius 3 is 2.63 bits per heavy atom. The predicted octanol–water partition coefficient (Wildman–Crippen LogP) is 1.84. The highest BCUT2D eigenvalue weighted by atomic mass is 79.9. The molecule has 1 saturated heterocycles. The molecule has 1 heterocycles. The highest BCUT2D eigenvalue weighted by Crippen LogP contribution is 2.30. The Labute approximate surface area is 118 Å². The summed E-state index contributed by atoms with van der Waals surface area (Å²) in [6.45, 7) is 0.435. The fourth-order valence-electron chi connectivity index (χ4n) is 2.10. The summed E-state index contributed by atoms with van der Waals surface area (Å²) in [5.74, 6) is -1.94. The van der Waals surface area contributed by atoms with E-state index in [9.17, 15) is 17.2 Å². The lowest BCUT2D eigenvalue weighted by atomic mass is 10.1. The summed E-state index contributed by atoms with van der Waals surface area (Å²) < 4.78 is 52.5. The summed E-state index contributed by atoms with van der Waals surface area (Å²) in [7, 11) is -4.01. The monoisotopic (exact) mass is 354 g/mol. The van der Waals surface area contributed by atoms with Crippen LogP contribution in [0.2, 0.25) is 0 Å². The third-order valence-corrected chi connectivity index (χ3v) is 5.81. The molecule has 0 aromatic heterocycles. The third-order valence-electron chi connectivity index (χ3n) is 2.98. The number of hydrogen-bond acceptors (Lipinski definition) is 3. The Bertz CT molecular complexity index is 571. The molecule has 0 bridgehead atoms. The molecule has 1 fully saturated rings. The quantitative estimate of drug-likeness (QED) is 0.881. The first-order valence-electron chi connectivity index (χ1n) is 5.72. The largest absolute Gasteiger partial charge is 0.327 e. The van der Waals surface area contributed by atoms with Gasteiger partial charge in [-0.05, 0) is 34.8 Å². The minimum absolute atomic E-state index is 0.121. The van der Waals surface area contributed by atoms with Crippen LogP contribution in [0.15, 0.2) is 21.5 Å². The Morgan fingerprint density at radius 1 is 1.37 bits per heavy atom. The molecule has 19 heavy (non-hydrogen) atoms. The molecule has 106 valence electrons. The zero-order valence-corrected chi connectivity index (χ0v) is 12.3. The normalized spacial score (nSPS) is 21.6. The van der Waals surface area contributed by atoms with Crippen molar-refractivity contribution in [2.45, 2.75) is 23.8 Å². The zero-order valence-electron chi connectivity index (χ0n) is 9.94. The van der Waals surface area contributed by atoms with E-state index in [0.29, 0.717) is 19.0 Å². The Balaban J connectivity index is 2.45. The van der Waals surface area contributed by atoms with E-state index < -0.39 is 26.6 Å². The van der Waals surface area contributed by atoms with Crippen molar-refractivity contribution in [1.82, 2.24) is 4.31 Å². The number of nitrogens with two attached hydrogens (primary N) is 1. The van der Waals surface area contributed by atoms with Crippen molar-refractivity contribution in [1.29, 1.82) is 0 Å². The van der Waals surface area contributed by atoms with Gasteiger partial charge in [0.15, 0.2) is 0 Å². The van der Waals surface area contributed by atoms with Crippen LogP contribution in [0.4, 0.5) is 8.78 Å². The Morgan fingerprint density at radius 2 is 2.05 bits per heavy atom. The van der Waals surface area contributed by atoms with Crippen molar-refractivity contribution in [3.8, 4) is 0 Å². The summed E-state index contributed by atoms with van der Waals surface area (Å²) in [4.78, 5) is -0.539. The fraction of sp³-hybridized carbons (Fsp3) is 0.455. The lowest BCUT2D eigenvalue weighted by Crippen LogP contribution is -2.45. The van der Waals surface area contributed by atoms with E-state index in [4.69, 9.17) is 5.73 Å². The van der Waals surface area contributed by atoms with E-state index >= 15 is 0 Å². The molecule has 1 atom stereocenters. The van der Waals surface area contributed by atoms with E-state index in [2.05, 4.69) is 15.9 Å². The van der Waals surface area contributed by atoms with Gasteiger partial charge in [-0.3, -0.25) is 0 Å². The molecule has 0 unspecified atom stereocenters. The first kappa shape index (κ1) is 14.8. The van der Waals surface area contributed by atoms with Gasteiger partial charge in [-0.15, -0.1) is 0 Å². The van der Waals surface area contributed by atoms with Crippen LogP contribution in [0.1, 0.15) is 12.8 Å². The van der Waals surface area contributed by atoms with Crippen molar-refractivity contribution >= 4 is 26.0 Å². The number of hydrogen-bond donors (Lipinski definition) is 1. The molecular weight excluding hydrogens is 342 g/mol. The molecule has 0 saturated carbocycles. The van der Waals surface area contributed by atoms with Crippen LogP contribution >= 0.6 is 15.9 Å². The highest BCUT2D eigenvalue weighted by Gasteiger charge is 2.33. The minimum Gasteiger partial charge on any atom is -0.327 e. The fourth-order valence-corrected chi connectivity index (χ4v) is 4.74. The number of halogens is 3. The average molecular weight is 355 g/mol. The van der Waals surface area contributed by atoms with Crippen LogP contribution in [-0.4, -0.2) is 31.9 Å². The van der Waals surface area contributed by atoms with Crippen LogP contribution in [0, 0.1) is 11.6 Å². The zero-order chi connectivity index (χ0) is 14.2. The SMILES string of the molecule is N[C@@H]1CCCN(S(=O)(=O)c2c(F)cc(F)cc2Br)C1. The molecule has 1 aromatic rings. The van der Waals surface area contributed by atoms with Gasteiger partial charge in [0, 0.05) is 29.7 Å². The van der Waals surface area contributed by atoms with Crippen LogP contribution in [-0.2, 0) is 10.0 Å². The van der Waals surface area contributed by atoms with Crippen molar-refractivity contribution in [2.75, 3.05) is 13.1 Å². The molecule has 1 aromatic carbocycles. The maximum atomic E-state index is 13.8. The summed E-state index contributed by atoms with van der Waals surface area (Å²) >= 11 is 2.90. The van der Waals surface area contributed by atoms with Gasteiger partial charge in [-0.2, -0.15) is 4.31 Å². The van der Waals surface area contributed by atoms with Crippen molar-refractivity contribution in [3.05, 3.63) is 28.2 Å². The summed E-state index contributed by atoms with van der Waals surface area (Å²) in [5.41, 5.74) is 5.73. The number of benzene rings is 1. The van der Waals surface area contributed by atoms with Gasteiger partial charge in [0.05, 0.1) is 0 Å². The number of rotatable bonds is 2. The molecule has 1 aliphatic heterocycles. The van der Waals surface area contributed by atoms with Crippen LogP contribution < -0.4 is 5.73 Å². The molecule has 4 nitrogen and oxygen atoms in total. The number of piperidine rings is 1. The van der Waals surface area contributed by atoms with Gasteiger partial charge >= 0.3 is 0 Å². The van der Waals surface area contributed by atoms with Crippen molar-refractivity contribution in [2.24, 2.45) is 5.73 Å². The van der Waals surface area contributed by atoms with Crippen molar-refractivity contribution < 1.29 is 17.2 Å². The van der Waals surface area contributed by atoms with Gasteiger partial charge < -0.3 is 5.73 Å². The van der Waals surface area contributed by atoms with Gasteiger partial charge in [0.25, 0.3) is 0 Å². The van der Waals surface area contributed by atoms with Gasteiger partial charge in [0.2, 0.25) is 10.0 Å². The maximum Gasteiger partial charge on any atom is 0.247 e. The van der Waals surface area contributed by atoms with E-state index in [0.717, 1.165) is 16.8 Å².